The highest BCUT2D eigenvalue weighted by atomic mass is 32.2. The summed E-state index contributed by atoms with van der Waals surface area (Å²) in [5.41, 5.74) is 1.02. The topological polar surface area (TPSA) is 52.6 Å². The molecule has 1 aromatic carbocycles. The van der Waals surface area contributed by atoms with Crippen molar-refractivity contribution in [3.8, 4) is 0 Å². The van der Waals surface area contributed by atoms with E-state index < -0.39 is 10.0 Å². The van der Waals surface area contributed by atoms with Crippen LogP contribution in [-0.2, 0) is 10.0 Å². The van der Waals surface area contributed by atoms with Crippen molar-refractivity contribution in [1.82, 2.24) is 9.62 Å². The van der Waals surface area contributed by atoms with Gasteiger partial charge in [-0.25, -0.2) is 17.1 Å². The molecule has 0 amide bonds. The minimum atomic E-state index is -3.11. The Labute approximate surface area is 125 Å². The van der Waals surface area contributed by atoms with E-state index in [4.69, 9.17) is 0 Å². The van der Waals surface area contributed by atoms with Gasteiger partial charge in [-0.3, -0.25) is 0 Å². The molecule has 0 bridgehead atoms. The van der Waals surface area contributed by atoms with E-state index in [0.717, 1.165) is 25.2 Å². The number of sulfonamides is 1. The van der Waals surface area contributed by atoms with E-state index in [-0.39, 0.29) is 5.82 Å². The first-order chi connectivity index (χ1) is 9.86. The van der Waals surface area contributed by atoms with E-state index in [0.29, 0.717) is 19.1 Å². The second-order valence-electron chi connectivity index (χ2n) is 5.45. The molecule has 0 aromatic heterocycles. The Bertz CT molecular complexity index is 562. The van der Waals surface area contributed by atoms with Gasteiger partial charge in [0.05, 0.1) is 6.26 Å². The van der Waals surface area contributed by atoms with Crippen LogP contribution in [0.5, 0.6) is 0 Å². The van der Waals surface area contributed by atoms with Crippen LogP contribution in [0.3, 0.4) is 0 Å². The summed E-state index contributed by atoms with van der Waals surface area (Å²) in [4.78, 5) is 2.21. The summed E-state index contributed by atoms with van der Waals surface area (Å²) in [6.07, 6.45) is 2.21. The number of benzene rings is 1. The Kier molecular flexibility index (Phi) is 5.18. The lowest BCUT2D eigenvalue weighted by Crippen LogP contribution is -2.39. The second-order valence-corrected chi connectivity index (χ2v) is 7.54. The van der Waals surface area contributed by atoms with Crippen LogP contribution in [0.15, 0.2) is 24.3 Å². The molecule has 1 N–H and O–H groups in total. The third-order valence-electron chi connectivity index (χ3n) is 3.81. The quantitative estimate of drug-likeness (QED) is 0.847. The van der Waals surface area contributed by atoms with Gasteiger partial charge in [-0.05, 0) is 30.7 Å². The van der Waals surface area contributed by atoms with E-state index in [1.54, 1.807) is 19.2 Å². The van der Waals surface area contributed by atoms with Crippen LogP contribution in [0.25, 0.3) is 0 Å². The van der Waals surface area contributed by atoms with Gasteiger partial charge in [-0.2, -0.15) is 0 Å². The molecule has 1 aliphatic rings. The van der Waals surface area contributed by atoms with Crippen molar-refractivity contribution >= 4 is 15.7 Å². The van der Waals surface area contributed by atoms with Gasteiger partial charge >= 0.3 is 0 Å². The third-order valence-corrected chi connectivity index (χ3v) is 5.12. The van der Waals surface area contributed by atoms with Gasteiger partial charge in [0.25, 0.3) is 0 Å². The Morgan fingerprint density at radius 2 is 2.05 bits per heavy atom. The standard InChI is InChI=1S/C14H22FN3O2S/c1-17(21(2,19)20)10-8-16-13-7-9-18(11-13)14-5-3-12(15)4-6-14/h3-6,13,16H,7-11H2,1-2H3/t13-/m1/s1. The zero-order valence-corrected chi connectivity index (χ0v) is 13.2. The van der Waals surface area contributed by atoms with Crippen molar-refractivity contribution < 1.29 is 12.8 Å². The Morgan fingerprint density at radius 1 is 1.38 bits per heavy atom. The summed E-state index contributed by atoms with van der Waals surface area (Å²) in [6, 6.07) is 6.85. The lowest BCUT2D eigenvalue weighted by molar-refractivity contribution is 0.445. The van der Waals surface area contributed by atoms with Crippen molar-refractivity contribution in [2.75, 3.05) is 44.4 Å². The molecule has 1 aliphatic heterocycles. The highest BCUT2D eigenvalue weighted by molar-refractivity contribution is 7.88. The zero-order chi connectivity index (χ0) is 15.5. The summed E-state index contributed by atoms with van der Waals surface area (Å²) in [5, 5.41) is 3.37. The average molecular weight is 315 g/mol. The third kappa shape index (κ3) is 4.66. The maximum Gasteiger partial charge on any atom is 0.210 e. The first kappa shape index (κ1) is 16.2. The van der Waals surface area contributed by atoms with Crippen molar-refractivity contribution in [2.45, 2.75) is 12.5 Å². The van der Waals surface area contributed by atoms with Crippen LogP contribution >= 0.6 is 0 Å². The molecule has 1 fully saturated rings. The average Bonchev–Trinajstić information content (AvgIpc) is 2.87. The van der Waals surface area contributed by atoms with Crippen molar-refractivity contribution in [1.29, 1.82) is 0 Å². The first-order valence-electron chi connectivity index (χ1n) is 7.01. The molecule has 0 aliphatic carbocycles. The summed E-state index contributed by atoms with van der Waals surface area (Å²) in [5.74, 6) is -0.226. The molecular formula is C14H22FN3O2S. The molecule has 7 heteroatoms. The number of nitrogens with zero attached hydrogens (tertiary/aromatic N) is 2. The molecule has 21 heavy (non-hydrogen) atoms. The molecule has 0 spiro atoms. The SMILES string of the molecule is CN(CCN[C@@H]1CCN(c2ccc(F)cc2)C1)S(C)(=O)=O. The molecule has 5 nitrogen and oxygen atoms in total. The molecule has 1 saturated heterocycles. The second kappa shape index (κ2) is 6.72. The van der Waals surface area contributed by atoms with Gasteiger partial charge in [0.2, 0.25) is 10.0 Å². The minimum Gasteiger partial charge on any atom is -0.370 e. The molecule has 2 rings (SSSR count). The number of anilines is 1. The number of hydrogen-bond acceptors (Lipinski definition) is 4. The highest BCUT2D eigenvalue weighted by Gasteiger charge is 2.22. The van der Waals surface area contributed by atoms with E-state index >= 15 is 0 Å². The van der Waals surface area contributed by atoms with E-state index in [2.05, 4.69) is 10.2 Å². The molecule has 0 unspecified atom stereocenters. The van der Waals surface area contributed by atoms with Crippen LogP contribution in [0, 0.1) is 5.82 Å². The molecular weight excluding hydrogens is 293 g/mol. The maximum atomic E-state index is 12.9. The molecule has 1 atom stereocenters. The molecule has 1 aromatic rings. The van der Waals surface area contributed by atoms with Gasteiger partial charge in [0, 0.05) is 45.0 Å². The minimum absolute atomic E-state index is 0.226. The Balaban J connectivity index is 1.77. The van der Waals surface area contributed by atoms with E-state index in [1.165, 1.54) is 22.7 Å². The van der Waals surface area contributed by atoms with Crippen LogP contribution in [0.2, 0.25) is 0 Å². The lowest BCUT2D eigenvalue weighted by Gasteiger charge is -2.20. The van der Waals surface area contributed by atoms with Gasteiger partial charge in [0.15, 0.2) is 0 Å². The summed E-state index contributed by atoms with van der Waals surface area (Å²) < 4.78 is 36.8. The summed E-state index contributed by atoms with van der Waals surface area (Å²) >= 11 is 0. The van der Waals surface area contributed by atoms with E-state index in [1.807, 2.05) is 0 Å². The first-order valence-corrected chi connectivity index (χ1v) is 8.86. The van der Waals surface area contributed by atoms with Gasteiger partial charge < -0.3 is 10.2 Å². The van der Waals surface area contributed by atoms with E-state index in [9.17, 15) is 12.8 Å². The van der Waals surface area contributed by atoms with Crippen LogP contribution in [0.1, 0.15) is 6.42 Å². The van der Waals surface area contributed by atoms with Crippen molar-refractivity contribution in [2.24, 2.45) is 0 Å². The van der Waals surface area contributed by atoms with Crippen molar-refractivity contribution in [3.05, 3.63) is 30.1 Å². The molecule has 118 valence electrons. The number of likely N-dealkylation sites (N-methyl/N-ethyl adjacent to an activating group) is 1. The zero-order valence-electron chi connectivity index (χ0n) is 12.4. The Morgan fingerprint density at radius 3 is 2.67 bits per heavy atom. The monoisotopic (exact) mass is 315 g/mol. The van der Waals surface area contributed by atoms with Crippen LogP contribution in [-0.4, -0.2) is 58.2 Å². The molecule has 0 saturated carbocycles. The van der Waals surface area contributed by atoms with Gasteiger partial charge in [-0.1, -0.05) is 0 Å². The highest BCUT2D eigenvalue weighted by Crippen LogP contribution is 2.20. The molecule has 1 heterocycles. The normalized spacial score (nSPS) is 19.4. The number of nitrogens with one attached hydrogen (secondary N) is 1. The summed E-state index contributed by atoms with van der Waals surface area (Å²) in [6.45, 7) is 2.87. The van der Waals surface area contributed by atoms with Crippen molar-refractivity contribution in [3.63, 3.8) is 0 Å². The molecule has 0 radical (unpaired) electrons. The maximum absolute atomic E-state index is 12.9. The fourth-order valence-electron chi connectivity index (χ4n) is 2.41. The predicted octanol–water partition coefficient (Wildman–Crippen LogP) is 0.885. The lowest BCUT2D eigenvalue weighted by atomic mass is 10.2. The van der Waals surface area contributed by atoms with Crippen LogP contribution < -0.4 is 10.2 Å². The van der Waals surface area contributed by atoms with Gasteiger partial charge in [0.1, 0.15) is 5.82 Å². The number of rotatable bonds is 6. The largest absolute Gasteiger partial charge is 0.370 e. The number of halogens is 1. The smallest absolute Gasteiger partial charge is 0.210 e. The fourth-order valence-corrected chi connectivity index (χ4v) is 2.83. The number of hydrogen-bond donors (Lipinski definition) is 1. The Hall–Kier alpha value is -1.18. The fraction of sp³-hybridized carbons (Fsp3) is 0.571. The predicted molar refractivity (Wildman–Crippen MR) is 82.5 cm³/mol. The summed E-state index contributed by atoms with van der Waals surface area (Å²) in [7, 11) is -1.53. The van der Waals surface area contributed by atoms with Gasteiger partial charge in [-0.15, -0.1) is 0 Å². The van der Waals surface area contributed by atoms with Crippen LogP contribution in [0.4, 0.5) is 10.1 Å².